The molecule has 2 rings (SSSR count). The van der Waals surface area contributed by atoms with Crippen LogP contribution in [0.4, 0.5) is 5.69 Å². The van der Waals surface area contributed by atoms with Gasteiger partial charge in [-0.15, -0.1) is 0 Å². The third kappa shape index (κ3) is 3.39. The van der Waals surface area contributed by atoms with E-state index in [1.165, 1.54) is 5.69 Å². The van der Waals surface area contributed by atoms with Crippen molar-refractivity contribution < 1.29 is 4.74 Å². The Labute approximate surface area is 115 Å². The second-order valence-corrected chi connectivity index (χ2v) is 4.76. The number of nitrogens with zero attached hydrogens (tertiary/aromatic N) is 3. The molecule has 0 aliphatic carbocycles. The molecule has 0 amide bonds. The quantitative estimate of drug-likeness (QED) is 0.830. The Balaban J connectivity index is 1.92. The number of benzene rings is 1. The lowest BCUT2D eigenvalue weighted by molar-refractivity contribution is 0.231. The summed E-state index contributed by atoms with van der Waals surface area (Å²) in [7, 11) is 0. The number of hydrogen-bond donors (Lipinski definition) is 0. The molecule has 1 unspecified atom stereocenters. The maximum Gasteiger partial charge on any atom is 0.119 e. The van der Waals surface area contributed by atoms with E-state index in [2.05, 4.69) is 28.0 Å². The Hall–Kier alpha value is -1.73. The van der Waals surface area contributed by atoms with E-state index < -0.39 is 0 Å². The van der Waals surface area contributed by atoms with Gasteiger partial charge in [0.15, 0.2) is 0 Å². The zero-order chi connectivity index (χ0) is 13.7. The van der Waals surface area contributed by atoms with Gasteiger partial charge >= 0.3 is 0 Å². The Kier molecular flexibility index (Phi) is 4.64. The Morgan fingerprint density at radius 1 is 1.21 bits per heavy atom. The highest BCUT2D eigenvalue weighted by atomic mass is 16.5. The molecule has 4 nitrogen and oxygen atoms in total. The van der Waals surface area contributed by atoms with Gasteiger partial charge in [-0.25, -0.2) is 0 Å². The fourth-order valence-corrected chi connectivity index (χ4v) is 2.37. The molecule has 1 atom stereocenters. The number of rotatable bonds is 4. The lowest BCUT2D eigenvalue weighted by atomic mass is 10.2. The minimum absolute atomic E-state index is 0.0162. The predicted octanol–water partition coefficient (Wildman–Crippen LogP) is 2.12. The smallest absolute Gasteiger partial charge is 0.119 e. The van der Waals surface area contributed by atoms with Crippen molar-refractivity contribution in [1.29, 1.82) is 5.26 Å². The lowest BCUT2D eigenvalue weighted by Crippen LogP contribution is -2.49. The van der Waals surface area contributed by atoms with Gasteiger partial charge in [-0.1, -0.05) is 0 Å². The highest BCUT2D eigenvalue weighted by Gasteiger charge is 2.20. The van der Waals surface area contributed by atoms with Gasteiger partial charge < -0.3 is 9.64 Å². The van der Waals surface area contributed by atoms with Gasteiger partial charge in [0.1, 0.15) is 5.75 Å². The third-order valence-electron chi connectivity index (χ3n) is 3.56. The van der Waals surface area contributed by atoms with Gasteiger partial charge in [0.05, 0.1) is 18.7 Å². The van der Waals surface area contributed by atoms with E-state index in [0.29, 0.717) is 6.61 Å². The van der Waals surface area contributed by atoms with Crippen LogP contribution < -0.4 is 9.64 Å². The van der Waals surface area contributed by atoms with Crippen LogP contribution in [0.15, 0.2) is 24.3 Å². The van der Waals surface area contributed by atoms with Crippen LogP contribution in [-0.2, 0) is 0 Å². The predicted molar refractivity (Wildman–Crippen MR) is 76.5 cm³/mol. The van der Waals surface area contributed by atoms with Crippen LogP contribution in [0.25, 0.3) is 0 Å². The van der Waals surface area contributed by atoms with E-state index >= 15 is 0 Å². The van der Waals surface area contributed by atoms with Crippen molar-refractivity contribution in [2.45, 2.75) is 19.9 Å². The standard InChI is InChI=1S/C15H21N3O/c1-3-19-15-6-4-14(5-7-15)18-10-8-17(9-11-18)13(2)12-16/h4-7,13H,3,8-11H2,1-2H3. The zero-order valence-corrected chi connectivity index (χ0v) is 11.7. The van der Waals surface area contributed by atoms with Gasteiger partial charge in [0.2, 0.25) is 0 Å². The third-order valence-corrected chi connectivity index (χ3v) is 3.56. The summed E-state index contributed by atoms with van der Waals surface area (Å²) in [4.78, 5) is 4.58. The first-order valence-corrected chi connectivity index (χ1v) is 6.86. The van der Waals surface area contributed by atoms with Crippen LogP contribution in [0, 0.1) is 11.3 Å². The number of ether oxygens (including phenoxy) is 1. The molecular formula is C15H21N3O. The van der Waals surface area contributed by atoms with Gasteiger partial charge in [0.25, 0.3) is 0 Å². The van der Waals surface area contributed by atoms with Crippen LogP contribution in [0.3, 0.4) is 0 Å². The average molecular weight is 259 g/mol. The first-order valence-electron chi connectivity index (χ1n) is 6.86. The van der Waals surface area contributed by atoms with E-state index in [9.17, 15) is 0 Å². The maximum absolute atomic E-state index is 8.93. The largest absolute Gasteiger partial charge is 0.494 e. The molecule has 1 heterocycles. The Morgan fingerprint density at radius 3 is 2.37 bits per heavy atom. The van der Waals surface area contributed by atoms with Crippen molar-refractivity contribution in [2.75, 3.05) is 37.7 Å². The molecule has 1 aliphatic rings. The fourth-order valence-electron chi connectivity index (χ4n) is 2.37. The average Bonchev–Trinajstić information content (AvgIpc) is 2.48. The van der Waals surface area contributed by atoms with Gasteiger partial charge in [-0.3, -0.25) is 4.90 Å². The molecule has 19 heavy (non-hydrogen) atoms. The number of hydrogen-bond acceptors (Lipinski definition) is 4. The van der Waals surface area contributed by atoms with Crippen LogP contribution in [0.1, 0.15) is 13.8 Å². The van der Waals surface area contributed by atoms with Crippen molar-refractivity contribution in [3.63, 3.8) is 0 Å². The summed E-state index contributed by atoms with van der Waals surface area (Å²) in [6.45, 7) is 8.49. The second kappa shape index (κ2) is 6.44. The zero-order valence-electron chi connectivity index (χ0n) is 11.7. The SMILES string of the molecule is CCOc1ccc(N2CCN(C(C)C#N)CC2)cc1. The molecule has 1 aliphatic heterocycles. The van der Waals surface area contributed by atoms with Crippen LogP contribution in [0.5, 0.6) is 5.75 Å². The second-order valence-electron chi connectivity index (χ2n) is 4.76. The Morgan fingerprint density at radius 2 is 1.84 bits per heavy atom. The highest BCUT2D eigenvalue weighted by Crippen LogP contribution is 2.21. The normalized spacial score (nSPS) is 17.8. The van der Waals surface area contributed by atoms with E-state index in [4.69, 9.17) is 10.00 Å². The van der Waals surface area contributed by atoms with Crippen molar-refractivity contribution >= 4 is 5.69 Å². The fraction of sp³-hybridized carbons (Fsp3) is 0.533. The van der Waals surface area contributed by atoms with Crippen LogP contribution >= 0.6 is 0 Å². The molecule has 1 aromatic rings. The summed E-state index contributed by atoms with van der Waals surface area (Å²) >= 11 is 0. The number of nitriles is 1. The number of piperazine rings is 1. The minimum Gasteiger partial charge on any atom is -0.494 e. The Bertz CT molecular complexity index is 430. The van der Waals surface area contributed by atoms with Crippen molar-refractivity contribution in [3.05, 3.63) is 24.3 Å². The highest BCUT2D eigenvalue weighted by molar-refractivity contribution is 5.49. The topological polar surface area (TPSA) is 39.5 Å². The van der Waals surface area contributed by atoms with E-state index in [-0.39, 0.29) is 6.04 Å². The lowest BCUT2D eigenvalue weighted by Gasteiger charge is -2.37. The minimum atomic E-state index is 0.0162. The molecular weight excluding hydrogens is 238 g/mol. The molecule has 0 N–H and O–H groups in total. The van der Waals surface area contributed by atoms with E-state index in [1.807, 2.05) is 26.0 Å². The van der Waals surface area contributed by atoms with Gasteiger partial charge in [0, 0.05) is 31.9 Å². The summed E-state index contributed by atoms with van der Waals surface area (Å²) in [6, 6.07) is 10.6. The summed E-state index contributed by atoms with van der Waals surface area (Å²) in [5.41, 5.74) is 1.23. The van der Waals surface area contributed by atoms with Crippen molar-refractivity contribution in [2.24, 2.45) is 0 Å². The molecule has 0 spiro atoms. The van der Waals surface area contributed by atoms with E-state index in [0.717, 1.165) is 31.9 Å². The number of anilines is 1. The van der Waals surface area contributed by atoms with Gasteiger partial charge in [-0.05, 0) is 38.1 Å². The van der Waals surface area contributed by atoms with Gasteiger partial charge in [-0.2, -0.15) is 5.26 Å². The van der Waals surface area contributed by atoms with Crippen molar-refractivity contribution in [3.8, 4) is 11.8 Å². The molecule has 0 bridgehead atoms. The summed E-state index contributed by atoms with van der Waals surface area (Å²) < 4.78 is 5.45. The molecule has 4 heteroatoms. The molecule has 0 saturated carbocycles. The van der Waals surface area contributed by atoms with E-state index in [1.54, 1.807) is 0 Å². The summed E-state index contributed by atoms with van der Waals surface area (Å²) in [6.07, 6.45) is 0. The molecule has 1 saturated heterocycles. The summed E-state index contributed by atoms with van der Waals surface area (Å²) in [5.74, 6) is 0.919. The van der Waals surface area contributed by atoms with Crippen LogP contribution in [0.2, 0.25) is 0 Å². The first kappa shape index (κ1) is 13.7. The molecule has 1 aromatic carbocycles. The van der Waals surface area contributed by atoms with Crippen LogP contribution in [-0.4, -0.2) is 43.7 Å². The molecule has 1 fully saturated rings. The molecule has 0 radical (unpaired) electrons. The molecule has 102 valence electrons. The first-order chi connectivity index (χ1) is 9.24. The van der Waals surface area contributed by atoms with Crippen molar-refractivity contribution in [1.82, 2.24) is 4.90 Å². The molecule has 0 aromatic heterocycles. The monoisotopic (exact) mass is 259 g/mol. The maximum atomic E-state index is 8.93. The summed E-state index contributed by atoms with van der Waals surface area (Å²) in [5, 5.41) is 8.93.